The van der Waals surface area contributed by atoms with Crippen LogP contribution in [0, 0.1) is 5.82 Å². The van der Waals surface area contributed by atoms with E-state index in [9.17, 15) is 4.39 Å². The average Bonchev–Trinajstić information content (AvgIpc) is 2.82. The van der Waals surface area contributed by atoms with Crippen LogP contribution in [-0.2, 0) is 6.54 Å². The third kappa shape index (κ3) is 2.35. The van der Waals surface area contributed by atoms with Crippen LogP contribution in [0.4, 0.5) is 4.39 Å². The monoisotopic (exact) mass is 256 g/mol. The minimum atomic E-state index is -0.296. The minimum absolute atomic E-state index is 0.296. The molecule has 0 atom stereocenters. The van der Waals surface area contributed by atoms with E-state index in [-0.39, 0.29) is 5.82 Å². The Kier molecular flexibility index (Phi) is 3.01. The summed E-state index contributed by atoms with van der Waals surface area (Å²) in [5.74, 6) is 0.145. The molecule has 0 unspecified atom stereocenters. The molecule has 2 aromatic carbocycles. The highest BCUT2D eigenvalue weighted by Crippen LogP contribution is 2.25. The van der Waals surface area contributed by atoms with Crippen molar-refractivity contribution in [3.8, 4) is 11.5 Å². The predicted octanol–water partition coefficient (Wildman–Crippen LogP) is 3.35. The fourth-order valence-corrected chi connectivity index (χ4v) is 2.03. The van der Waals surface area contributed by atoms with E-state index in [0.29, 0.717) is 17.0 Å². The first-order chi connectivity index (χ1) is 9.26. The Bertz CT molecular complexity index is 721. The van der Waals surface area contributed by atoms with Crippen LogP contribution in [0.3, 0.4) is 0 Å². The van der Waals surface area contributed by atoms with Crippen LogP contribution in [-0.4, -0.2) is 12.0 Å². The Balaban J connectivity index is 2.06. The highest BCUT2D eigenvalue weighted by molar-refractivity contribution is 5.76. The van der Waals surface area contributed by atoms with E-state index in [0.717, 1.165) is 17.6 Å². The minimum Gasteiger partial charge on any atom is -0.436 e. The van der Waals surface area contributed by atoms with Crippen molar-refractivity contribution < 1.29 is 8.81 Å². The normalized spacial score (nSPS) is 11.1. The van der Waals surface area contributed by atoms with E-state index in [1.54, 1.807) is 12.1 Å². The molecule has 3 nitrogen and oxygen atoms in total. The second-order valence-electron chi connectivity index (χ2n) is 4.36. The molecule has 19 heavy (non-hydrogen) atoms. The third-order valence-electron chi connectivity index (χ3n) is 2.91. The zero-order valence-electron chi connectivity index (χ0n) is 10.5. The Morgan fingerprint density at radius 1 is 1.21 bits per heavy atom. The van der Waals surface area contributed by atoms with E-state index >= 15 is 0 Å². The lowest BCUT2D eigenvalue weighted by Crippen LogP contribution is -2.04. The molecule has 0 fully saturated rings. The Morgan fingerprint density at radius 3 is 2.89 bits per heavy atom. The van der Waals surface area contributed by atoms with Crippen molar-refractivity contribution in [3.05, 3.63) is 53.8 Å². The summed E-state index contributed by atoms with van der Waals surface area (Å²) < 4.78 is 18.9. The predicted molar refractivity (Wildman–Crippen MR) is 72.2 cm³/mol. The fourth-order valence-electron chi connectivity index (χ4n) is 2.03. The topological polar surface area (TPSA) is 38.1 Å². The number of halogens is 1. The van der Waals surface area contributed by atoms with Crippen LogP contribution in [0.1, 0.15) is 5.56 Å². The standard InChI is InChI=1S/C15H13FN2O/c1-17-9-10-5-6-13-14(7-10)19-15(18-13)11-3-2-4-12(16)8-11/h2-8,17H,9H2,1H3. The number of oxazole rings is 1. The Hall–Kier alpha value is -2.20. The summed E-state index contributed by atoms with van der Waals surface area (Å²) in [6.07, 6.45) is 0. The van der Waals surface area contributed by atoms with Gasteiger partial charge < -0.3 is 9.73 Å². The summed E-state index contributed by atoms with van der Waals surface area (Å²) in [6.45, 7) is 0.770. The molecule has 96 valence electrons. The number of fused-ring (bicyclic) bond motifs is 1. The Morgan fingerprint density at radius 2 is 2.11 bits per heavy atom. The highest BCUT2D eigenvalue weighted by atomic mass is 19.1. The average molecular weight is 256 g/mol. The maximum absolute atomic E-state index is 13.2. The molecule has 1 aromatic heterocycles. The molecule has 0 saturated carbocycles. The summed E-state index contributed by atoms with van der Waals surface area (Å²) in [5, 5.41) is 3.08. The van der Waals surface area contributed by atoms with E-state index in [4.69, 9.17) is 4.42 Å². The number of nitrogens with one attached hydrogen (secondary N) is 1. The maximum Gasteiger partial charge on any atom is 0.227 e. The summed E-state index contributed by atoms with van der Waals surface area (Å²) >= 11 is 0. The molecule has 1 N–H and O–H groups in total. The molecular weight excluding hydrogens is 243 g/mol. The van der Waals surface area contributed by atoms with Gasteiger partial charge in [0.25, 0.3) is 0 Å². The van der Waals surface area contributed by atoms with Crippen LogP contribution in [0.15, 0.2) is 46.9 Å². The molecule has 0 aliphatic carbocycles. The van der Waals surface area contributed by atoms with Crippen LogP contribution in [0.2, 0.25) is 0 Å². The van der Waals surface area contributed by atoms with Crippen molar-refractivity contribution in [2.24, 2.45) is 0 Å². The van der Waals surface area contributed by atoms with Crippen molar-refractivity contribution in [2.45, 2.75) is 6.54 Å². The lowest BCUT2D eigenvalue weighted by molar-refractivity contribution is 0.610. The van der Waals surface area contributed by atoms with E-state index in [1.807, 2.05) is 25.2 Å². The van der Waals surface area contributed by atoms with E-state index in [1.165, 1.54) is 12.1 Å². The first-order valence-electron chi connectivity index (χ1n) is 6.06. The smallest absolute Gasteiger partial charge is 0.227 e. The van der Waals surface area contributed by atoms with Gasteiger partial charge in [0, 0.05) is 12.1 Å². The molecule has 0 radical (unpaired) electrons. The molecule has 0 spiro atoms. The number of hydrogen-bond donors (Lipinski definition) is 1. The van der Waals surface area contributed by atoms with Gasteiger partial charge in [0.05, 0.1) is 0 Å². The molecule has 0 bridgehead atoms. The van der Waals surface area contributed by atoms with Gasteiger partial charge in [0.15, 0.2) is 5.58 Å². The molecule has 0 aliphatic heterocycles. The van der Waals surface area contributed by atoms with Crippen LogP contribution < -0.4 is 5.32 Å². The lowest BCUT2D eigenvalue weighted by atomic mass is 10.2. The van der Waals surface area contributed by atoms with Gasteiger partial charge in [-0.05, 0) is 42.9 Å². The number of aromatic nitrogens is 1. The second kappa shape index (κ2) is 4.82. The van der Waals surface area contributed by atoms with E-state index in [2.05, 4.69) is 10.3 Å². The first-order valence-corrected chi connectivity index (χ1v) is 6.06. The van der Waals surface area contributed by atoms with Crippen LogP contribution in [0.5, 0.6) is 0 Å². The van der Waals surface area contributed by atoms with Gasteiger partial charge in [-0.3, -0.25) is 0 Å². The van der Waals surface area contributed by atoms with Crippen molar-refractivity contribution in [2.75, 3.05) is 7.05 Å². The van der Waals surface area contributed by atoms with Crippen molar-refractivity contribution >= 4 is 11.1 Å². The zero-order chi connectivity index (χ0) is 13.2. The molecule has 3 rings (SSSR count). The van der Waals surface area contributed by atoms with Crippen molar-refractivity contribution in [3.63, 3.8) is 0 Å². The third-order valence-corrected chi connectivity index (χ3v) is 2.91. The number of benzene rings is 2. The van der Waals surface area contributed by atoms with Crippen LogP contribution in [0.25, 0.3) is 22.6 Å². The molecule has 0 aliphatic rings. The molecule has 3 aromatic rings. The summed E-state index contributed by atoms with van der Waals surface area (Å²) in [5.41, 5.74) is 3.26. The molecule has 1 heterocycles. The molecular formula is C15H13FN2O. The largest absolute Gasteiger partial charge is 0.436 e. The quantitative estimate of drug-likeness (QED) is 0.781. The summed E-state index contributed by atoms with van der Waals surface area (Å²) in [7, 11) is 1.89. The Labute approximate surface area is 110 Å². The fraction of sp³-hybridized carbons (Fsp3) is 0.133. The zero-order valence-corrected chi connectivity index (χ0v) is 10.5. The first kappa shape index (κ1) is 11.9. The van der Waals surface area contributed by atoms with Crippen molar-refractivity contribution in [1.82, 2.24) is 10.3 Å². The van der Waals surface area contributed by atoms with Gasteiger partial charge in [0.1, 0.15) is 11.3 Å². The molecule has 0 saturated heterocycles. The molecule has 0 amide bonds. The maximum atomic E-state index is 13.2. The highest BCUT2D eigenvalue weighted by Gasteiger charge is 2.09. The second-order valence-corrected chi connectivity index (χ2v) is 4.36. The van der Waals surface area contributed by atoms with Gasteiger partial charge in [-0.15, -0.1) is 0 Å². The van der Waals surface area contributed by atoms with Gasteiger partial charge in [-0.25, -0.2) is 9.37 Å². The van der Waals surface area contributed by atoms with Gasteiger partial charge in [-0.1, -0.05) is 12.1 Å². The number of rotatable bonds is 3. The lowest BCUT2D eigenvalue weighted by Gasteiger charge is -1.97. The summed E-state index contributed by atoms with van der Waals surface area (Å²) in [6, 6.07) is 12.1. The number of hydrogen-bond acceptors (Lipinski definition) is 3. The molecule has 4 heteroatoms. The van der Waals surface area contributed by atoms with Gasteiger partial charge >= 0.3 is 0 Å². The summed E-state index contributed by atoms with van der Waals surface area (Å²) in [4.78, 5) is 4.37. The number of nitrogens with zero attached hydrogens (tertiary/aromatic N) is 1. The SMILES string of the molecule is CNCc1ccc2nc(-c3cccc(F)c3)oc2c1. The van der Waals surface area contributed by atoms with Gasteiger partial charge in [-0.2, -0.15) is 0 Å². The van der Waals surface area contributed by atoms with Gasteiger partial charge in [0.2, 0.25) is 5.89 Å². The van der Waals surface area contributed by atoms with Crippen molar-refractivity contribution in [1.29, 1.82) is 0 Å². The van der Waals surface area contributed by atoms with Crippen LogP contribution >= 0.6 is 0 Å². The van der Waals surface area contributed by atoms with E-state index < -0.39 is 0 Å².